The van der Waals surface area contributed by atoms with E-state index in [0.29, 0.717) is 24.9 Å². The van der Waals surface area contributed by atoms with Gasteiger partial charge in [-0.1, -0.05) is 38.5 Å². The summed E-state index contributed by atoms with van der Waals surface area (Å²) in [7, 11) is -3.24. The lowest BCUT2D eigenvalue weighted by Crippen LogP contribution is -2.42. The molecule has 0 aromatic carbocycles. The van der Waals surface area contributed by atoms with Crippen molar-refractivity contribution in [2.75, 3.05) is 12.3 Å². The van der Waals surface area contributed by atoms with Gasteiger partial charge in [0, 0.05) is 25.0 Å². The molecule has 0 aromatic rings. The highest BCUT2D eigenvalue weighted by Gasteiger charge is 2.36. The summed E-state index contributed by atoms with van der Waals surface area (Å²) < 4.78 is 27.1. The maximum Gasteiger partial charge on any atom is 0.224 e. The lowest BCUT2D eigenvalue weighted by molar-refractivity contribution is -0.130. The third kappa shape index (κ3) is 4.02. The van der Waals surface area contributed by atoms with Crippen molar-refractivity contribution in [1.82, 2.24) is 9.62 Å². The van der Waals surface area contributed by atoms with E-state index in [0.717, 1.165) is 19.3 Å². The van der Waals surface area contributed by atoms with Crippen LogP contribution in [0, 0.1) is 5.92 Å². The van der Waals surface area contributed by atoms with Crippen LogP contribution in [0.25, 0.3) is 0 Å². The van der Waals surface area contributed by atoms with Gasteiger partial charge in [0.25, 0.3) is 0 Å². The number of carbonyl (C=O) groups is 1. The monoisotopic (exact) mass is 328 g/mol. The zero-order valence-corrected chi connectivity index (χ0v) is 14.1. The first kappa shape index (κ1) is 16.2. The second-order valence-corrected chi connectivity index (χ2v) is 9.13. The first-order valence-corrected chi connectivity index (χ1v) is 10.5. The lowest BCUT2D eigenvalue weighted by atomic mass is 9.84. The second-order valence-electron chi connectivity index (χ2n) is 7.26. The Labute approximate surface area is 133 Å². The van der Waals surface area contributed by atoms with Gasteiger partial charge in [0.05, 0.1) is 5.75 Å². The quantitative estimate of drug-likeness (QED) is 0.811. The molecule has 2 aliphatic carbocycles. The van der Waals surface area contributed by atoms with Crippen molar-refractivity contribution in [3.05, 3.63) is 0 Å². The highest BCUT2D eigenvalue weighted by Crippen LogP contribution is 2.30. The molecule has 0 aromatic heterocycles. The molecule has 2 saturated carbocycles. The van der Waals surface area contributed by atoms with E-state index in [4.69, 9.17) is 0 Å². The van der Waals surface area contributed by atoms with Crippen molar-refractivity contribution in [1.29, 1.82) is 0 Å². The van der Waals surface area contributed by atoms with Crippen LogP contribution in [0.2, 0.25) is 0 Å². The molecule has 3 fully saturated rings. The maximum atomic E-state index is 12.2. The van der Waals surface area contributed by atoms with E-state index in [2.05, 4.69) is 4.72 Å². The Hall–Kier alpha value is -0.620. The van der Waals surface area contributed by atoms with Crippen LogP contribution in [0.4, 0.5) is 0 Å². The fourth-order valence-corrected chi connectivity index (χ4v) is 5.40. The first-order valence-electron chi connectivity index (χ1n) is 8.83. The molecule has 0 radical (unpaired) electrons. The van der Waals surface area contributed by atoms with Crippen LogP contribution >= 0.6 is 0 Å². The molecular formula is C16H28N2O3S. The minimum atomic E-state index is -3.24. The van der Waals surface area contributed by atoms with Crippen molar-refractivity contribution in [2.45, 2.75) is 76.3 Å². The highest BCUT2D eigenvalue weighted by atomic mass is 32.2. The van der Waals surface area contributed by atoms with Gasteiger partial charge in [-0.2, -0.15) is 0 Å². The Bertz CT molecular complexity index is 496. The van der Waals surface area contributed by atoms with Crippen LogP contribution in [-0.4, -0.2) is 43.6 Å². The van der Waals surface area contributed by atoms with Crippen molar-refractivity contribution in [3.8, 4) is 0 Å². The van der Waals surface area contributed by atoms with Gasteiger partial charge < -0.3 is 4.90 Å². The van der Waals surface area contributed by atoms with Crippen molar-refractivity contribution < 1.29 is 13.2 Å². The molecule has 0 spiro atoms. The summed E-state index contributed by atoms with van der Waals surface area (Å²) in [5.74, 6) is 0.935. The zero-order valence-electron chi connectivity index (χ0n) is 13.3. The van der Waals surface area contributed by atoms with Gasteiger partial charge in [0.2, 0.25) is 15.9 Å². The van der Waals surface area contributed by atoms with Gasteiger partial charge in [0.15, 0.2) is 0 Å². The Morgan fingerprint density at radius 3 is 2.41 bits per heavy atom. The van der Waals surface area contributed by atoms with Crippen LogP contribution in [0.1, 0.15) is 64.2 Å². The Morgan fingerprint density at radius 1 is 1.05 bits per heavy atom. The van der Waals surface area contributed by atoms with Crippen LogP contribution in [0.3, 0.4) is 0 Å². The molecule has 0 bridgehead atoms. The largest absolute Gasteiger partial charge is 0.338 e. The lowest BCUT2D eigenvalue weighted by Gasteiger charge is -2.31. The summed E-state index contributed by atoms with van der Waals surface area (Å²) in [6, 6.07) is 0.117. The van der Waals surface area contributed by atoms with Crippen LogP contribution < -0.4 is 4.72 Å². The van der Waals surface area contributed by atoms with E-state index in [9.17, 15) is 13.2 Å². The van der Waals surface area contributed by atoms with E-state index in [1.54, 1.807) is 0 Å². The van der Waals surface area contributed by atoms with Crippen molar-refractivity contribution in [3.63, 3.8) is 0 Å². The molecule has 6 heteroatoms. The summed E-state index contributed by atoms with van der Waals surface area (Å²) >= 11 is 0. The SMILES string of the molecule is O=C1CC(NS(=O)(=O)CCC2CCC2)CN1C1CCCCC1. The molecular weight excluding hydrogens is 300 g/mol. The normalized spacial score (nSPS) is 28.1. The average Bonchev–Trinajstić information content (AvgIpc) is 2.77. The van der Waals surface area contributed by atoms with E-state index >= 15 is 0 Å². The standard InChI is InChI=1S/C16H28N2O3S/c19-16-11-14(12-18(16)15-7-2-1-3-8-15)17-22(20,21)10-9-13-5-4-6-13/h13-15,17H,1-12H2. The number of hydrogen-bond donors (Lipinski definition) is 1. The molecule has 5 nitrogen and oxygen atoms in total. The predicted octanol–water partition coefficient (Wildman–Crippen LogP) is 2.03. The number of sulfonamides is 1. The molecule has 22 heavy (non-hydrogen) atoms. The first-order chi connectivity index (χ1) is 10.5. The summed E-state index contributed by atoms with van der Waals surface area (Å²) in [6.45, 7) is 0.562. The van der Waals surface area contributed by atoms with Gasteiger partial charge in [-0.05, 0) is 25.2 Å². The van der Waals surface area contributed by atoms with Crippen molar-refractivity contribution in [2.24, 2.45) is 5.92 Å². The smallest absolute Gasteiger partial charge is 0.224 e. The number of carbonyl (C=O) groups excluding carboxylic acids is 1. The summed E-state index contributed by atoms with van der Waals surface area (Å²) in [4.78, 5) is 14.1. The maximum absolute atomic E-state index is 12.2. The molecule has 3 aliphatic rings. The summed E-state index contributed by atoms with van der Waals surface area (Å²) in [6.07, 6.45) is 10.5. The minimum absolute atomic E-state index is 0.124. The molecule has 1 unspecified atom stereocenters. The molecule has 1 amide bonds. The number of likely N-dealkylation sites (tertiary alicyclic amines) is 1. The number of rotatable bonds is 6. The van der Waals surface area contributed by atoms with E-state index < -0.39 is 10.0 Å². The fourth-order valence-electron chi connectivity index (χ4n) is 3.97. The van der Waals surface area contributed by atoms with E-state index in [1.807, 2.05) is 4.90 Å². The zero-order chi connectivity index (χ0) is 15.6. The molecule has 3 rings (SSSR count). The highest BCUT2D eigenvalue weighted by molar-refractivity contribution is 7.89. The predicted molar refractivity (Wildman–Crippen MR) is 85.9 cm³/mol. The Balaban J connectivity index is 1.49. The molecule has 1 aliphatic heterocycles. The summed E-state index contributed by atoms with van der Waals surface area (Å²) in [5.41, 5.74) is 0. The van der Waals surface area contributed by atoms with Gasteiger partial charge in [0.1, 0.15) is 0 Å². The van der Waals surface area contributed by atoms with Crippen molar-refractivity contribution >= 4 is 15.9 Å². The van der Waals surface area contributed by atoms with Crippen LogP contribution in [0.15, 0.2) is 0 Å². The topological polar surface area (TPSA) is 66.5 Å². The summed E-state index contributed by atoms with van der Waals surface area (Å²) in [5, 5.41) is 0. The fraction of sp³-hybridized carbons (Fsp3) is 0.938. The van der Waals surface area contributed by atoms with E-state index in [1.165, 1.54) is 38.5 Å². The molecule has 1 N–H and O–H groups in total. The van der Waals surface area contributed by atoms with E-state index in [-0.39, 0.29) is 17.7 Å². The van der Waals surface area contributed by atoms with Gasteiger partial charge in [-0.3, -0.25) is 4.79 Å². The third-order valence-corrected chi connectivity index (χ3v) is 7.01. The minimum Gasteiger partial charge on any atom is -0.338 e. The second kappa shape index (κ2) is 6.87. The average molecular weight is 328 g/mol. The molecule has 1 atom stereocenters. The van der Waals surface area contributed by atoms with Gasteiger partial charge in [-0.25, -0.2) is 13.1 Å². The molecule has 126 valence electrons. The number of hydrogen-bond acceptors (Lipinski definition) is 3. The Morgan fingerprint density at radius 2 is 1.77 bits per heavy atom. The third-order valence-electron chi connectivity index (χ3n) is 5.54. The Kier molecular flexibility index (Phi) is 5.07. The molecule has 1 heterocycles. The number of nitrogens with one attached hydrogen (secondary N) is 1. The van der Waals surface area contributed by atoms with Gasteiger partial charge >= 0.3 is 0 Å². The number of nitrogens with zero attached hydrogens (tertiary/aromatic N) is 1. The number of amides is 1. The van der Waals surface area contributed by atoms with Crippen LogP contribution in [-0.2, 0) is 14.8 Å². The van der Waals surface area contributed by atoms with Crippen LogP contribution in [0.5, 0.6) is 0 Å². The van der Waals surface area contributed by atoms with Gasteiger partial charge in [-0.15, -0.1) is 0 Å². The molecule has 1 saturated heterocycles.